The molecule has 1 aliphatic heterocycles. The van der Waals surface area contributed by atoms with Crippen LogP contribution in [0.5, 0.6) is 11.5 Å². The fraction of sp³-hybridized carbons (Fsp3) is 0.304. The van der Waals surface area contributed by atoms with Crippen LogP contribution in [0.15, 0.2) is 47.0 Å². The largest absolute Gasteiger partial charge is 0.486 e. The number of carbonyl (C=O) groups excluding carboxylic acids is 1. The molecule has 1 amide bonds. The molecular weight excluding hydrogens is 439 g/mol. The van der Waals surface area contributed by atoms with Crippen LogP contribution in [0.2, 0.25) is 10.0 Å². The van der Waals surface area contributed by atoms with Crippen LogP contribution >= 0.6 is 23.2 Å². The van der Waals surface area contributed by atoms with Crippen LogP contribution in [-0.4, -0.2) is 35.5 Å². The van der Waals surface area contributed by atoms with Crippen LogP contribution in [0.4, 0.5) is 0 Å². The summed E-state index contributed by atoms with van der Waals surface area (Å²) in [5.41, 5.74) is 1.64. The molecule has 0 radical (unpaired) electrons. The number of carbonyl (C=O) groups is 1. The molecule has 0 N–H and O–H groups in total. The van der Waals surface area contributed by atoms with Crippen molar-refractivity contribution < 1.29 is 18.7 Å². The van der Waals surface area contributed by atoms with E-state index in [-0.39, 0.29) is 12.3 Å². The third-order valence-corrected chi connectivity index (χ3v) is 5.59. The van der Waals surface area contributed by atoms with Gasteiger partial charge in [-0.2, -0.15) is 0 Å². The van der Waals surface area contributed by atoms with E-state index < -0.39 is 0 Å². The van der Waals surface area contributed by atoms with Crippen molar-refractivity contribution in [2.24, 2.45) is 0 Å². The van der Waals surface area contributed by atoms with E-state index in [4.69, 9.17) is 37.1 Å². The van der Waals surface area contributed by atoms with E-state index in [1.54, 1.807) is 29.3 Å². The van der Waals surface area contributed by atoms with Crippen molar-refractivity contribution in [3.8, 4) is 22.8 Å². The summed E-state index contributed by atoms with van der Waals surface area (Å²) in [6, 6.07) is 10.9. The molecule has 0 saturated carbocycles. The molecule has 3 aromatic rings. The van der Waals surface area contributed by atoms with Crippen molar-refractivity contribution in [2.45, 2.75) is 26.3 Å². The molecule has 1 aliphatic rings. The van der Waals surface area contributed by atoms with Crippen LogP contribution in [0.25, 0.3) is 11.3 Å². The summed E-state index contributed by atoms with van der Waals surface area (Å²) in [6.45, 7) is 4.04. The number of para-hydroxylation sites is 1. The zero-order valence-electron chi connectivity index (χ0n) is 17.1. The molecule has 0 unspecified atom stereocenters. The Morgan fingerprint density at radius 3 is 2.81 bits per heavy atom. The van der Waals surface area contributed by atoms with Gasteiger partial charge in [0.1, 0.15) is 13.2 Å². The maximum Gasteiger partial charge on any atom is 0.223 e. The van der Waals surface area contributed by atoms with E-state index in [9.17, 15) is 4.79 Å². The highest BCUT2D eigenvalue weighted by Gasteiger charge is 2.20. The Kier molecular flexibility index (Phi) is 6.68. The number of rotatable bonds is 7. The second-order valence-corrected chi connectivity index (χ2v) is 7.94. The smallest absolute Gasteiger partial charge is 0.223 e. The summed E-state index contributed by atoms with van der Waals surface area (Å²) in [5.74, 6) is 2.49. The third-order valence-electron chi connectivity index (χ3n) is 5.05. The molecule has 6 nitrogen and oxygen atoms in total. The monoisotopic (exact) mass is 460 g/mol. The van der Waals surface area contributed by atoms with Gasteiger partial charge in [0.15, 0.2) is 23.1 Å². The first-order chi connectivity index (χ1) is 15.0. The van der Waals surface area contributed by atoms with Crippen molar-refractivity contribution in [1.29, 1.82) is 0 Å². The van der Waals surface area contributed by atoms with Gasteiger partial charge in [-0.15, -0.1) is 0 Å². The van der Waals surface area contributed by atoms with Gasteiger partial charge < -0.3 is 18.8 Å². The lowest BCUT2D eigenvalue weighted by Crippen LogP contribution is -2.31. The number of benzene rings is 2. The van der Waals surface area contributed by atoms with Gasteiger partial charge in [0.05, 0.1) is 11.2 Å². The number of aryl methyl sites for hydroxylation is 1. The molecule has 0 saturated heterocycles. The van der Waals surface area contributed by atoms with E-state index in [0.29, 0.717) is 60.0 Å². The van der Waals surface area contributed by atoms with E-state index >= 15 is 0 Å². The lowest BCUT2D eigenvalue weighted by Gasteiger charge is -2.25. The van der Waals surface area contributed by atoms with Crippen molar-refractivity contribution in [3.05, 3.63) is 64.1 Å². The first-order valence-electron chi connectivity index (χ1n) is 10.1. The molecule has 31 heavy (non-hydrogen) atoms. The second kappa shape index (κ2) is 9.62. The van der Waals surface area contributed by atoms with Gasteiger partial charge in [-0.25, -0.2) is 4.98 Å². The summed E-state index contributed by atoms with van der Waals surface area (Å²) in [6.07, 6.45) is 2.29. The van der Waals surface area contributed by atoms with Crippen LogP contribution in [-0.2, 0) is 17.8 Å². The Morgan fingerprint density at radius 1 is 1.16 bits per heavy atom. The zero-order valence-corrected chi connectivity index (χ0v) is 18.6. The number of nitrogens with zero attached hydrogens (tertiary/aromatic N) is 2. The van der Waals surface area contributed by atoms with Crippen LogP contribution < -0.4 is 9.47 Å². The standard InChI is InChI=1S/C23H22Cl2N2O4/c1-2-27(14-15-4-3-5-19-23(15)30-11-10-29-19)22(28)9-8-21-26-13-20(31-21)17-7-6-16(24)12-18(17)25/h3-7,12-13H,2,8-11,14H2,1H3. The van der Waals surface area contributed by atoms with Crippen LogP contribution in [0.3, 0.4) is 0 Å². The van der Waals surface area contributed by atoms with Crippen molar-refractivity contribution in [2.75, 3.05) is 19.8 Å². The minimum atomic E-state index is 0.0149. The van der Waals surface area contributed by atoms with Gasteiger partial charge in [0.2, 0.25) is 5.91 Å². The van der Waals surface area contributed by atoms with Crippen molar-refractivity contribution in [3.63, 3.8) is 0 Å². The maximum atomic E-state index is 12.8. The van der Waals surface area contributed by atoms with Crippen LogP contribution in [0.1, 0.15) is 24.8 Å². The Hall–Kier alpha value is -2.70. The molecule has 0 spiro atoms. The van der Waals surface area contributed by atoms with Crippen molar-refractivity contribution >= 4 is 29.1 Å². The Morgan fingerprint density at radius 2 is 2.00 bits per heavy atom. The molecule has 0 atom stereocenters. The minimum absolute atomic E-state index is 0.0149. The molecular formula is C23H22Cl2N2O4. The highest BCUT2D eigenvalue weighted by atomic mass is 35.5. The average molecular weight is 461 g/mol. The summed E-state index contributed by atoms with van der Waals surface area (Å²) in [5, 5.41) is 1.04. The van der Waals surface area contributed by atoms with Gasteiger partial charge in [-0.1, -0.05) is 35.3 Å². The second-order valence-electron chi connectivity index (χ2n) is 7.09. The fourth-order valence-electron chi connectivity index (χ4n) is 3.45. The minimum Gasteiger partial charge on any atom is -0.486 e. The summed E-state index contributed by atoms with van der Waals surface area (Å²) >= 11 is 12.2. The lowest BCUT2D eigenvalue weighted by molar-refractivity contribution is -0.131. The molecule has 2 heterocycles. The van der Waals surface area contributed by atoms with E-state index in [2.05, 4.69) is 4.98 Å². The number of aromatic nitrogens is 1. The molecule has 1 aromatic heterocycles. The SMILES string of the molecule is CCN(Cc1cccc2c1OCCO2)C(=O)CCc1ncc(-c2ccc(Cl)cc2Cl)o1. The number of hydrogen-bond acceptors (Lipinski definition) is 5. The average Bonchev–Trinajstić information content (AvgIpc) is 3.24. The summed E-state index contributed by atoms with van der Waals surface area (Å²) in [7, 11) is 0. The first-order valence-corrected chi connectivity index (χ1v) is 10.9. The number of fused-ring (bicyclic) bond motifs is 1. The molecule has 8 heteroatoms. The first kappa shape index (κ1) is 21.5. The molecule has 0 aliphatic carbocycles. The van der Waals surface area contributed by atoms with E-state index in [1.165, 1.54) is 0 Å². The molecule has 4 rings (SSSR count). The Balaban J connectivity index is 1.40. The quantitative estimate of drug-likeness (QED) is 0.472. The summed E-state index contributed by atoms with van der Waals surface area (Å²) < 4.78 is 17.2. The van der Waals surface area contributed by atoms with Crippen LogP contribution in [0, 0.1) is 0 Å². The number of hydrogen-bond donors (Lipinski definition) is 0. The Labute approximate surface area is 190 Å². The lowest BCUT2D eigenvalue weighted by atomic mass is 10.1. The zero-order chi connectivity index (χ0) is 21.8. The fourth-order valence-corrected chi connectivity index (χ4v) is 3.95. The molecule has 0 bridgehead atoms. The third kappa shape index (κ3) is 4.97. The number of oxazole rings is 1. The van der Waals surface area contributed by atoms with E-state index in [0.717, 1.165) is 17.1 Å². The molecule has 0 fully saturated rings. The normalized spacial score (nSPS) is 12.6. The maximum absolute atomic E-state index is 12.8. The topological polar surface area (TPSA) is 64.8 Å². The van der Waals surface area contributed by atoms with Crippen molar-refractivity contribution in [1.82, 2.24) is 9.88 Å². The predicted octanol–water partition coefficient (Wildman–Crippen LogP) is 5.40. The number of halogens is 2. The molecule has 162 valence electrons. The number of amides is 1. The van der Waals surface area contributed by atoms with Gasteiger partial charge in [-0.05, 0) is 31.2 Å². The van der Waals surface area contributed by atoms with Gasteiger partial charge >= 0.3 is 0 Å². The predicted molar refractivity (Wildman–Crippen MR) is 119 cm³/mol. The van der Waals surface area contributed by atoms with Gasteiger partial charge in [-0.3, -0.25) is 4.79 Å². The highest BCUT2D eigenvalue weighted by Crippen LogP contribution is 2.34. The number of ether oxygens (including phenoxy) is 2. The Bertz CT molecular complexity index is 1080. The molecule has 2 aromatic carbocycles. The van der Waals surface area contributed by atoms with E-state index in [1.807, 2.05) is 25.1 Å². The van der Waals surface area contributed by atoms with Gasteiger partial charge in [0, 0.05) is 42.1 Å². The summed E-state index contributed by atoms with van der Waals surface area (Å²) in [4.78, 5) is 18.9. The highest BCUT2D eigenvalue weighted by molar-refractivity contribution is 6.36. The van der Waals surface area contributed by atoms with Gasteiger partial charge in [0.25, 0.3) is 0 Å².